The summed E-state index contributed by atoms with van der Waals surface area (Å²) in [6.45, 7) is 7.76. The zero-order chi connectivity index (χ0) is 33.5. The number of fused-ring (bicyclic) bond motifs is 1. The van der Waals surface area contributed by atoms with Crippen LogP contribution in [0.5, 0.6) is 11.5 Å². The van der Waals surface area contributed by atoms with Gasteiger partial charge in [0.05, 0.1) is 36.2 Å². The van der Waals surface area contributed by atoms with E-state index in [2.05, 4.69) is 27.2 Å². The summed E-state index contributed by atoms with van der Waals surface area (Å²) in [6.07, 6.45) is 3.07. The lowest BCUT2D eigenvalue weighted by Gasteiger charge is -2.32. The van der Waals surface area contributed by atoms with Gasteiger partial charge in [-0.15, -0.1) is 24.8 Å². The molecule has 1 aliphatic heterocycles. The van der Waals surface area contributed by atoms with Gasteiger partial charge in [0.1, 0.15) is 22.8 Å². The molecule has 2 heterocycles. The van der Waals surface area contributed by atoms with E-state index in [0.717, 1.165) is 62.3 Å². The first kappa shape index (κ1) is 39.1. The normalized spacial score (nSPS) is 12.9. The molecule has 0 atom stereocenters. The van der Waals surface area contributed by atoms with E-state index in [1.165, 1.54) is 7.11 Å². The number of halogens is 2. The second kappa shape index (κ2) is 17.9. The van der Waals surface area contributed by atoms with Crippen molar-refractivity contribution in [2.45, 2.75) is 39.5 Å². The highest BCUT2D eigenvalue weighted by Crippen LogP contribution is 2.32. The smallest absolute Gasteiger partial charge is 0.258 e. The van der Waals surface area contributed by atoms with Gasteiger partial charge in [0.2, 0.25) is 5.91 Å². The number of nitrogens with one attached hydrogen (secondary N) is 2. The molecule has 11 nitrogen and oxygen atoms in total. The molecule has 4 aromatic rings. The number of para-hydroxylation sites is 1. The Labute approximate surface area is 300 Å². The van der Waals surface area contributed by atoms with Crippen molar-refractivity contribution in [3.63, 3.8) is 0 Å². The first-order valence-electron chi connectivity index (χ1n) is 16.1. The van der Waals surface area contributed by atoms with E-state index in [-0.39, 0.29) is 42.5 Å². The summed E-state index contributed by atoms with van der Waals surface area (Å²) in [6, 6.07) is 16.1. The first-order valence-corrected chi connectivity index (χ1v) is 16.1. The highest BCUT2D eigenvalue weighted by atomic mass is 35.5. The Balaban J connectivity index is 0.00000325. The van der Waals surface area contributed by atoms with E-state index in [1.54, 1.807) is 42.3 Å². The molecular formula is C36H46Cl2N6O5. The molecule has 2 N–H and O–H groups in total. The van der Waals surface area contributed by atoms with E-state index in [0.29, 0.717) is 52.5 Å². The van der Waals surface area contributed by atoms with Crippen molar-refractivity contribution >= 4 is 64.9 Å². The fraction of sp³-hybridized carbons (Fsp3) is 0.389. The molecular weight excluding hydrogens is 667 g/mol. The molecule has 0 aliphatic carbocycles. The number of nitrogens with zero attached hydrogens (tertiary/aromatic N) is 4. The maximum absolute atomic E-state index is 13.7. The fourth-order valence-electron chi connectivity index (χ4n) is 5.72. The number of methoxy groups -OCH3 is 1. The van der Waals surface area contributed by atoms with Crippen molar-refractivity contribution in [1.29, 1.82) is 0 Å². The Kier molecular flexibility index (Phi) is 14.3. The number of anilines is 2. The van der Waals surface area contributed by atoms with Crippen LogP contribution in [-0.4, -0.2) is 91.5 Å². The lowest BCUT2D eigenvalue weighted by atomic mass is 10.1. The van der Waals surface area contributed by atoms with Crippen molar-refractivity contribution < 1.29 is 23.9 Å². The number of amides is 3. The summed E-state index contributed by atoms with van der Waals surface area (Å²) in [5, 5.41) is 2.90. The summed E-state index contributed by atoms with van der Waals surface area (Å²) < 4.78 is 11.7. The van der Waals surface area contributed by atoms with Crippen molar-refractivity contribution in [2.75, 3.05) is 64.2 Å². The summed E-state index contributed by atoms with van der Waals surface area (Å²) >= 11 is 0. The van der Waals surface area contributed by atoms with Gasteiger partial charge in [-0.3, -0.25) is 14.4 Å². The molecule has 0 bridgehead atoms. The number of imidazole rings is 1. The Bertz CT molecular complexity index is 1760. The second-order valence-electron chi connectivity index (χ2n) is 12.1. The number of hydrogen-bond donors (Lipinski definition) is 2. The number of carbonyl (C=O) groups is 3. The van der Waals surface area contributed by atoms with Gasteiger partial charge in [-0.05, 0) is 88.2 Å². The number of likely N-dealkylation sites (N-methyl/N-ethyl adjacent to an activating group) is 1. The molecule has 1 aromatic heterocycles. The standard InChI is InChI=1S/C36H44N6O5.2ClH/c1-24-13-16-30(32(22-24)47-21-8-6-7-12-33(43)42-19-17-40(3)18-20-42)41(4)36(45)26-14-15-28(31(23-26)46-5)39-35(44)27-10-9-11-29-34(27)38-25(2)37-29;;/h9-11,13-16,22-23H,6-8,12,17-21H2,1-5H3,(H,37,38)(H,39,44);2*1H. The predicted molar refractivity (Wildman–Crippen MR) is 198 cm³/mol. The average molecular weight is 714 g/mol. The van der Waals surface area contributed by atoms with Crippen molar-refractivity contribution in [1.82, 2.24) is 19.8 Å². The maximum atomic E-state index is 13.7. The third-order valence-electron chi connectivity index (χ3n) is 8.50. The number of H-pyrrole nitrogens is 1. The Morgan fingerprint density at radius 2 is 1.69 bits per heavy atom. The minimum absolute atomic E-state index is 0. The minimum Gasteiger partial charge on any atom is -0.495 e. The minimum atomic E-state index is -0.334. The van der Waals surface area contributed by atoms with Crippen LogP contribution < -0.4 is 19.7 Å². The van der Waals surface area contributed by atoms with Gasteiger partial charge in [-0.1, -0.05) is 12.1 Å². The summed E-state index contributed by atoms with van der Waals surface area (Å²) in [4.78, 5) is 52.7. The van der Waals surface area contributed by atoms with E-state index >= 15 is 0 Å². The zero-order valence-electron chi connectivity index (χ0n) is 28.7. The number of aromatic nitrogens is 2. The number of ether oxygens (including phenoxy) is 2. The van der Waals surface area contributed by atoms with E-state index in [9.17, 15) is 14.4 Å². The third-order valence-corrected chi connectivity index (χ3v) is 8.50. The molecule has 5 rings (SSSR count). The summed E-state index contributed by atoms with van der Waals surface area (Å²) in [7, 11) is 5.28. The number of unbranched alkanes of at least 4 members (excludes halogenated alkanes) is 2. The molecule has 3 aromatic carbocycles. The van der Waals surface area contributed by atoms with Crippen LogP contribution >= 0.6 is 24.8 Å². The topological polar surface area (TPSA) is 120 Å². The number of aryl methyl sites for hydroxylation is 2. The molecule has 264 valence electrons. The zero-order valence-corrected chi connectivity index (χ0v) is 30.3. The number of piperazine rings is 1. The SMILES string of the molecule is COc1cc(C(=O)N(C)c2ccc(C)cc2OCCCCCC(=O)N2CCN(C)CC2)ccc1NC(=O)c1cccc2[nH]c(C)nc12.Cl.Cl. The highest BCUT2D eigenvalue weighted by molar-refractivity contribution is 6.12. The Morgan fingerprint density at radius 3 is 2.43 bits per heavy atom. The van der Waals surface area contributed by atoms with Crippen molar-refractivity contribution in [3.8, 4) is 11.5 Å². The van der Waals surface area contributed by atoms with Gasteiger partial charge in [-0.2, -0.15) is 0 Å². The molecule has 3 amide bonds. The summed E-state index contributed by atoms with van der Waals surface area (Å²) in [5.41, 5.74) is 4.28. The molecule has 0 unspecified atom stereocenters. The van der Waals surface area contributed by atoms with Gasteiger partial charge in [0.25, 0.3) is 11.8 Å². The molecule has 1 saturated heterocycles. The lowest BCUT2D eigenvalue weighted by molar-refractivity contribution is -0.132. The van der Waals surface area contributed by atoms with Crippen molar-refractivity contribution in [2.24, 2.45) is 0 Å². The van der Waals surface area contributed by atoms with Crippen LogP contribution in [-0.2, 0) is 4.79 Å². The van der Waals surface area contributed by atoms with Crippen LogP contribution in [0, 0.1) is 13.8 Å². The number of benzene rings is 3. The monoisotopic (exact) mass is 712 g/mol. The third kappa shape index (κ3) is 9.65. The van der Waals surface area contributed by atoms with Crippen LogP contribution in [0.3, 0.4) is 0 Å². The van der Waals surface area contributed by atoms with Gasteiger partial charge in [0, 0.05) is 45.2 Å². The quantitative estimate of drug-likeness (QED) is 0.166. The van der Waals surface area contributed by atoms with Crippen molar-refractivity contribution in [3.05, 3.63) is 77.1 Å². The van der Waals surface area contributed by atoms with E-state index < -0.39 is 0 Å². The summed E-state index contributed by atoms with van der Waals surface area (Å²) in [5.74, 6) is 1.34. The van der Waals surface area contributed by atoms with Gasteiger partial charge in [-0.25, -0.2) is 4.98 Å². The number of aromatic amines is 1. The van der Waals surface area contributed by atoms with Crippen LogP contribution in [0.25, 0.3) is 11.0 Å². The Morgan fingerprint density at radius 1 is 0.939 bits per heavy atom. The number of hydrogen-bond acceptors (Lipinski definition) is 7. The number of carbonyl (C=O) groups excluding carboxylic acids is 3. The second-order valence-corrected chi connectivity index (χ2v) is 12.1. The van der Waals surface area contributed by atoms with Gasteiger partial charge < -0.3 is 34.5 Å². The Hall–Kier alpha value is -4.32. The molecule has 0 spiro atoms. The average Bonchev–Trinajstić information content (AvgIpc) is 3.46. The van der Waals surface area contributed by atoms with Crippen LogP contribution in [0.1, 0.15) is 57.8 Å². The largest absolute Gasteiger partial charge is 0.495 e. The van der Waals surface area contributed by atoms with Crippen LogP contribution in [0.2, 0.25) is 0 Å². The molecule has 49 heavy (non-hydrogen) atoms. The first-order chi connectivity index (χ1) is 22.6. The molecule has 13 heteroatoms. The van der Waals surface area contributed by atoms with E-state index in [4.69, 9.17) is 9.47 Å². The maximum Gasteiger partial charge on any atom is 0.258 e. The lowest BCUT2D eigenvalue weighted by Crippen LogP contribution is -2.47. The van der Waals surface area contributed by atoms with Crippen LogP contribution in [0.4, 0.5) is 11.4 Å². The highest BCUT2D eigenvalue weighted by Gasteiger charge is 2.21. The van der Waals surface area contributed by atoms with E-state index in [1.807, 2.05) is 43.0 Å². The van der Waals surface area contributed by atoms with Gasteiger partial charge in [0.15, 0.2) is 0 Å². The van der Waals surface area contributed by atoms with Crippen LogP contribution in [0.15, 0.2) is 54.6 Å². The van der Waals surface area contributed by atoms with Gasteiger partial charge >= 0.3 is 0 Å². The fourth-order valence-corrected chi connectivity index (χ4v) is 5.72. The number of rotatable bonds is 12. The predicted octanol–water partition coefficient (Wildman–Crippen LogP) is 6.27. The molecule has 1 fully saturated rings. The molecule has 1 aliphatic rings. The molecule has 0 saturated carbocycles. The molecule has 0 radical (unpaired) electrons.